The molecule has 0 saturated heterocycles. The standard InChI is InChI=1S/C30H24N2O2S/c1-3-25(21-11-9-20(10-12-21)23-15-16-35-19-23)30(22-13-14-27-24(17-22)18-31-32-27)26-7-5-6-8-28(26)34-29(33)4-2/h4-19H,2-3H2,1H3,(H,31,32)/b30-25+. The van der Waals surface area contributed by atoms with Crippen LogP contribution in [-0.4, -0.2) is 16.2 Å². The van der Waals surface area contributed by atoms with Crippen LogP contribution in [0.3, 0.4) is 0 Å². The molecule has 5 aromatic rings. The van der Waals surface area contributed by atoms with E-state index in [1.54, 1.807) is 11.3 Å². The molecule has 3 aromatic carbocycles. The Labute approximate surface area is 208 Å². The summed E-state index contributed by atoms with van der Waals surface area (Å²) < 4.78 is 5.66. The van der Waals surface area contributed by atoms with E-state index in [2.05, 4.69) is 76.9 Å². The van der Waals surface area contributed by atoms with E-state index in [4.69, 9.17) is 4.74 Å². The Morgan fingerprint density at radius 3 is 2.57 bits per heavy atom. The molecule has 0 saturated carbocycles. The van der Waals surface area contributed by atoms with Gasteiger partial charge in [0.2, 0.25) is 0 Å². The van der Waals surface area contributed by atoms with Gasteiger partial charge in [0.1, 0.15) is 5.75 Å². The molecular weight excluding hydrogens is 452 g/mol. The fourth-order valence-corrected chi connectivity index (χ4v) is 4.99. The van der Waals surface area contributed by atoms with Crippen molar-refractivity contribution >= 4 is 39.4 Å². The molecule has 4 nitrogen and oxygen atoms in total. The van der Waals surface area contributed by atoms with Crippen LogP contribution in [0.1, 0.15) is 30.0 Å². The van der Waals surface area contributed by atoms with Crippen molar-refractivity contribution in [3.05, 3.63) is 119 Å². The second kappa shape index (κ2) is 9.95. The summed E-state index contributed by atoms with van der Waals surface area (Å²) in [5, 5.41) is 12.5. The zero-order chi connectivity index (χ0) is 24.2. The third-order valence-electron chi connectivity index (χ3n) is 6.01. The zero-order valence-electron chi connectivity index (χ0n) is 19.3. The number of carbonyl (C=O) groups is 1. The van der Waals surface area contributed by atoms with Gasteiger partial charge >= 0.3 is 5.97 Å². The van der Waals surface area contributed by atoms with Gasteiger partial charge in [-0.2, -0.15) is 16.4 Å². The average molecular weight is 477 g/mol. The summed E-state index contributed by atoms with van der Waals surface area (Å²) in [4.78, 5) is 12.1. The number of hydrogen-bond donors (Lipinski definition) is 1. The number of carbonyl (C=O) groups excluding carboxylic acids is 1. The molecule has 2 aromatic heterocycles. The van der Waals surface area contributed by atoms with Gasteiger partial charge in [-0.25, -0.2) is 4.79 Å². The van der Waals surface area contributed by atoms with Gasteiger partial charge in [-0.05, 0) is 74.8 Å². The minimum Gasteiger partial charge on any atom is -0.423 e. The van der Waals surface area contributed by atoms with Crippen LogP contribution in [-0.2, 0) is 4.79 Å². The number of hydrogen-bond acceptors (Lipinski definition) is 4. The fourth-order valence-electron chi connectivity index (χ4n) is 4.32. The van der Waals surface area contributed by atoms with Gasteiger partial charge in [-0.3, -0.25) is 5.10 Å². The first-order valence-corrected chi connectivity index (χ1v) is 12.4. The topological polar surface area (TPSA) is 55.0 Å². The van der Waals surface area contributed by atoms with Crippen molar-refractivity contribution in [1.82, 2.24) is 10.2 Å². The Morgan fingerprint density at radius 2 is 1.83 bits per heavy atom. The van der Waals surface area contributed by atoms with Crippen molar-refractivity contribution in [2.75, 3.05) is 0 Å². The summed E-state index contributed by atoms with van der Waals surface area (Å²) in [6.07, 6.45) is 3.79. The minimum atomic E-state index is -0.486. The molecule has 0 radical (unpaired) electrons. The van der Waals surface area contributed by atoms with Gasteiger partial charge in [0.25, 0.3) is 0 Å². The molecule has 0 atom stereocenters. The predicted octanol–water partition coefficient (Wildman–Crippen LogP) is 7.75. The fraction of sp³-hybridized carbons (Fsp3) is 0.0667. The second-order valence-electron chi connectivity index (χ2n) is 8.09. The van der Waals surface area contributed by atoms with E-state index in [0.717, 1.165) is 45.2 Å². The highest BCUT2D eigenvalue weighted by Gasteiger charge is 2.18. The molecule has 0 fully saturated rings. The largest absolute Gasteiger partial charge is 0.423 e. The molecule has 5 heteroatoms. The van der Waals surface area contributed by atoms with Gasteiger partial charge in [0, 0.05) is 17.0 Å². The molecule has 0 spiro atoms. The number of H-pyrrole nitrogens is 1. The second-order valence-corrected chi connectivity index (χ2v) is 8.87. The first-order valence-electron chi connectivity index (χ1n) is 11.4. The van der Waals surface area contributed by atoms with Gasteiger partial charge in [0.05, 0.1) is 11.7 Å². The van der Waals surface area contributed by atoms with Crippen molar-refractivity contribution < 1.29 is 9.53 Å². The van der Waals surface area contributed by atoms with Crippen LogP contribution in [0.4, 0.5) is 0 Å². The van der Waals surface area contributed by atoms with Gasteiger partial charge < -0.3 is 4.74 Å². The molecule has 172 valence electrons. The number of aromatic amines is 1. The number of thiophene rings is 1. The van der Waals surface area contributed by atoms with Crippen LogP contribution >= 0.6 is 11.3 Å². The molecule has 2 heterocycles. The van der Waals surface area contributed by atoms with Crippen molar-refractivity contribution in [1.29, 1.82) is 0 Å². The summed E-state index contributed by atoms with van der Waals surface area (Å²) in [5.74, 6) is 0.0146. The molecule has 0 unspecified atom stereocenters. The highest BCUT2D eigenvalue weighted by molar-refractivity contribution is 7.08. The van der Waals surface area contributed by atoms with Crippen molar-refractivity contribution in [2.24, 2.45) is 0 Å². The SMILES string of the molecule is C=CC(=O)Oc1ccccc1/C(=C(\CC)c1ccc(-c2ccsc2)cc1)c1ccc2[nH]ncc2c1. The number of rotatable bonds is 7. The van der Waals surface area contributed by atoms with Gasteiger partial charge in [-0.15, -0.1) is 0 Å². The molecule has 5 rings (SSSR count). The van der Waals surface area contributed by atoms with E-state index < -0.39 is 5.97 Å². The Balaban J connectivity index is 1.72. The molecule has 0 amide bonds. The number of nitrogens with one attached hydrogen (secondary N) is 1. The molecule has 0 aliphatic heterocycles. The van der Waals surface area contributed by atoms with E-state index >= 15 is 0 Å². The Bertz CT molecular complexity index is 1530. The van der Waals surface area contributed by atoms with Gasteiger partial charge in [0.15, 0.2) is 0 Å². The maximum atomic E-state index is 12.1. The third-order valence-corrected chi connectivity index (χ3v) is 6.69. The van der Waals surface area contributed by atoms with Crippen LogP contribution < -0.4 is 4.74 Å². The summed E-state index contributed by atoms with van der Waals surface area (Å²) in [5.41, 5.74) is 8.56. The van der Waals surface area contributed by atoms with Crippen molar-refractivity contribution in [2.45, 2.75) is 13.3 Å². The van der Waals surface area contributed by atoms with Gasteiger partial charge in [-0.1, -0.05) is 62.0 Å². The lowest BCUT2D eigenvalue weighted by molar-refractivity contribution is -0.128. The number of esters is 1. The van der Waals surface area contributed by atoms with E-state index in [0.29, 0.717) is 5.75 Å². The number of fused-ring (bicyclic) bond motifs is 1. The molecule has 0 aliphatic rings. The van der Waals surface area contributed by atoms with Crippen LogP contribution in [0, 0.1) is 0 Å². The zero-order valence-corrected chi connectivity index (χ0v) is 20.1. The summed E-state index contributed by atoms with van der Waals surface area (Å²) >= 11 is 1.69. The van der Waals surface area contributed by atoms with E-state index in [1.165, 1.54) is 17.2 Å². The smallest absolute Gasteiger partial charge is 0.335 e. The highest BCUT2D eigenvalue weighted by Crippen LogP contribution is 2.39. The van der Waals surface area contributed by atoms with Crippen LogP contribution in [0.2, 0.25) is 0 Å². The molecular formula is C30H24N2O2S. The monoisotopic (exact) mass is 476 g/mol. The average Bonchev–Trinajstić information content (AvgIpc) is 3.60. The summed E-state index contributed by atoms with van der Waals surface area (Å²) in [6.45, 7) is 5.70. The van der Waals surface area contributed by atoms with E-state index in [1.807, 2.05) is 36.5 Å². The highest BCUT2D eigenvalue weighted by atomic mass is 32.1. The Kier molecular flexibility index (Phi) is 6.42. The number of nitrogens with zero attached hydrogens (tertiary/aromatic N) is 1. The summed E-state index contributed by atoms with van der Waals surface area (Å²) in [7, 11) is 0. The minimum absolute atomic E-state index is 0.486. The molecule has 0 aliphatic carbocycles. The van der Waals surface area contributed by atoms with Crippen LogP contribution in [0.15, 0.2) is 102 Å². The number of allylic oxidation sites excluding steroid dienone is 1. The number of benzene rings is 3. The molecule has 1 N–H and O–H groups in total. The molecule has 35 heavy (non-hydrogen) atoms. The van der Waals surface area contributed by atoms with Crippen molar-refractivity contribution in [3.63, 3.8) is 0 Å². The normalized spacial score (nSPS) is 11.8. The Hall–Kier alpha value is -4.22. The quantitative estimate of drug-likeness (QED) is 0.113. The third kappa shape index (κ3) is 4.59. The maximum absolute atomic E-state index is 12.1. The Morgan fingerprint density at radius 1 is 1.03 bits per heavy atom. The van der Waals surface area contributed by atoms with Crippen molar-refractivity contribution in [3.8, 4) is 16.9 Å². The van der Waals surface area contributed by atoms with Crippen LogP contribution in [0.5, 0.6) is 5.75 Å². The first kappa shape index (κ1) is 22.6. The van der Waals surface area contributed by atoms with E-state index in [9.17, 15) is 4.79 Å². The lowest BCUT2D eigenvalue weighted by Crippen LogP contribution is -2.06. The lowest BCUT2D eigenvalue weighted by Gasteiger charge is -2.19. The number of ether oxygens (including phenoxy) is 1. The predicted molar refractivity (Wildman–Crippen MR) is 144 cm³/mol. The summed E-state index contributed by atoms with van der Waals surface area (Å²) in [6, 6.07) is 24.7. The van der Waals surface area contributed by atoms with Crippen LogP contribution in [0.25, 0.3) is 33.2 Å². The number of aromatic nitrogens is 2. The molecule has 0 bridgehead atoms. The first-order chi connectivity index (χ1) is 17.2. The van der Waals surface area contributed by atoms with E-state index in [-0.39, 0.29) is 0 Å². The number of para-hydroxylation sites is 1. The lowest BCUT2D eigenvalue weighted by atomic mass is 9.87. The maximum Gasteiger partial charge on any atom is 0.335 e.